The van der Waals surface area contributed by atoms with E-state index in [2.05, 4.69) is 0 Å². The highest BCUT2D eigenvalue weighted by atomic mass is 16.5. The first-order valence-electron chi connectivity index (χ1n) is 6.66. The quantitative estimate of drug-likeness (QED) is 0.674. The molecule has 0 amide bonds. The summed E-state index contributed by atoms with van der Waals surface area (Å²) < 4.78 is 10.9. The molecule has 1 unspecified atom stereocenters. The average Bonchev–Trinajstić information content (AvgIpc) is 2.51. The van der Waals surface area contributed by atoms with Crippen molar-refractivity contribution in [2.45, 2.75) is 12.7 Å². The Labute approximate surface area is 123 Å². The molecule has 5 heteroatoms. The third kappa shape index (κ3) is 4.98. The van der Waals surface area contributed by atoms with Gasteiger partial charge in [-0.1, -0.05) is 18.2 Å². The molecular weight excluding hydrogens is 270 g/mol. The lowest BCUT2D eigenvalue weighted by atomic mass is 10.2. The fourth-order valence-corrected chi connectivity index (χ4v) is 1.73. The number of aliphatic hydroxyl groups is 2. The Morgan fingerprint density at radius 3 is 2.24 bits per heavy atom. The van der Waals surface area contributed by atoms with E-state index in [-0.39, 0.29) is 19.8 Å². The van der Waals surface area contributed by atoms with Crippen molar-refractivity contribution in [1.82, 2.24) is 0 Å². The molecule has 0 aliphatic carbocycles. The molecule has 4 N–H and O–H groups in total. The molecule has 0 aliphatic heterocycles. The summed E-state index contributed by atoms with van der Waals surface area (Å²) in [5, 5.41) is 18.8. The molecule has 0 bridgehead atoms. The number of hydrogen-bond acceptors (Lipinski definition) is 5. The normalized spacial score (nSPS) is 11.9. The van der Waals surface area contributed by atoms with Crippen molar-refractivity contribution < 1.29 is 19.7 Å². The molecule has 0 spiro atoms. The van der Waals surface area contributed by atoms with E-state index in [1.807, 2.05) is 0 Å². The summed E-state index contributed by atoms with van der Waals surface area (Å²) in [6.07, 6.45) is -0.746. The zero-order valence-electron chi connectivity index (χ0n) is 11.6. The van der Waals surface area contributed by atoms with Gasteiger partial charge in [-0.2, -0.15) is 0 Å². The molecular formula is C16H19NO4. The van der Waals surface area contributed by atoms with Gasteiger partial charge in [0.2, 0.25) is 0 Å². The van der Waals surface area contributed by atoms with Crippen molar-refractivity contribution in [3.8, 4) is 11.5 Å². The summed E-state index contributed by atoms with van der Waals surface area (Å²) in [5.74, 6) is 1.25. The Morgan fingerprint density at radius 1 is 0.952 bits per heavy atom. The highest BCUT2D eigenvalue weighted by Crippen LogP contribution is 2.15. The van der Waals surface area contributed by atoms with Crippen LogP contribution < -0.4 is 15.2 Å². The molecule has 1 atom stereocenters. The van der Waals surface area contributed by atoms with E-state index >= 15 is 0 Å². The molecule has 21 heavy (non-hydrogen) atoms. The van der Waals surface area contributed by atoms with E-state index in [9.17, 15) is 5.11 Å². The van der Waals surface area contributed by atoms with Gasteiger partial charge in [0, 0.05) is 11.8 Å². The van der Waals surface area contributed by atoms with E-state index < -0.39 is 6.10 Å². The minimum absolute atomic E-state index is 0.00302. The van der Waals surface area contributed by atoms with Gasteiger partial charge in [0.05, 0.1) is 6.61 Å². The maximum atomic E-state index is 9.82. The molecule has 112 valence electrons. The van der Waals surface area contributed by atoms with Gasteiger partial charge >= 0.3 is 0 Å². The zero-order valence-corrected chi connectivity index (χ0v) is 11.6. The Hall–Kier alpha value is -2.24. The minimum Gasteiger partial charge on any atom is -0.491 e. The molecule has 2 rings (SSSR count). The van der Waals surface area contributed by atoms with E-state index in [0.717, 1.165) is 5.56 Å². The molecule has 0 fully saturated rings. The monoisotopic (exact) mass is 289 g/mol. The zero-order chi connectivity index (χ0) is 15.1. The Bertz CT molecular complexity index is 556. The van der Waals surface area contributed by atoms with Gasteiger partial charge in [-0.15, -0.1) is 0 Å². The largest absolute Gasteiger partial charge is 0.491 e. The molecule has 0 saturated carbocycles. The smallest absolute Gasteiger partial charge is 0.122 e. The van der Waals surface area contributed by atoms with Crippen LogP contribution in [0.15, 0.2) is 48.5 Å². The predicted molar refractivity (Wildman–Crippen MR) is 80.2 cm³/mol. The Kier molecular flexibility index (Phi) is 5.43. The summed E-state index contributed by atoms with van der Waals surface area (Å²) in [6.45, 7) is 0.246. The molecule has 0 aliphatic rings. The molecule has 0 aromatic heterocycles. The van der Waals surface area contributed by atoms with E-state index in [1.54, 1.807) is 48.5 Å². The minimum atomic E-state index is -0.746. The van der Waals surface area contributed by atoms with Gasteiger partial charge in [-0.05, 0) is 29.8 Å². The van der Waals surface area contributed by atoms with Crippen LogP contribution in [0.3, 0.4) is 0 Å². The molecule has 0 saturated heterocycles. The number of ether oxygens (including phenoxy) is 2. The van der Waals surface area contributed by atoms with Gasteiger partial charge in [0.15, 0.2) is 0 Å². The van der Waals surface area contributed by atoms with Crippen molar-refractivity contribution >= 4 is 5.69 Å². The summed E-state index contributed by atoms with van der Waals surface area (Å²) in [5.41, 5.74) is 7.06. The van der Waals surface area contributed by atoms with Crippen LogP contribution in [0.25, 0.3) is 0 Å². The van der Waals surface area contributed by atoms with Crippen LogP contribution in [0, 0.1) is 0 Å². The lowest BCUT2D eigenvalue weighted by Gasteiger charge is -2.14. The number of hydrogen-bond donors (Lipinski definition) is 3. The Balaban J connectivity index is 1.75. The Morgan fingerprint density at radius 2 is 1.62 bits per heavy atom. The molecule has 2 aromatic rings. The molecule has 5 nitrogen and oxygen atoms in total. The van der Waals surface area contributed by atoms with Crippen LogP contribution >= 0.6 is 0 Å². The number of aliphatic hydroxyl groups excluding tert-OH is 2. The summed E-state index contributed by atoms with van der Waals surface area (Å²) >= 11 is 0. The maximum absolute atomic E-state index is 9.82. The molecule has 0 heterocycles. The predicted octanol–water partition coefficient (Wildman–Crippen LogP) is 1.58. The number of rotatable bonds is 7. The fraction of sp³-hybridized carbons (Fsp3) is 0.250. The number of benzene rings is 2. The van der Waals surface area contributed by atoms with Crippen LogP contribution in [0.4, 0.5) is 5.69 Å². The highest BCUT2D eigenvalue weighted by Gasteiger charge is 2.07. The van der Waals surface area contributed by atoms with Gasteiger partial charge in [-0.25, -0.2) is 0 Å². The summed E-state index contributed by atoms with van der Waals surface area (Å²) in [4.78, 5) is 0. The number of nitrogen functional groups attached to an aromatic ring is 1. The van der Waals surface area contributed by atoms with E-state index in [4.69, 9.17) is 20.3 Å². The third-order valence-corrected chi connectivity index (χ3v) is 2.85. The third-order valence-electron chi connectivity index (χ3n) is 2.85. The first-order chi connectivity index (χ1) is 10.2. The second kappa shape index (κ2) is 7.52. The van der Waals surface area contributed by atoms with Crippen LogP contribution in [0.2, 0.25) is 0 Å². The van der Waals surface area contributed by atoms with E-state index in [0.29, 0.717) is 17.2 Å². The van der Waals surface area contributed by atoms with Crippen LogP contribution in [0.1, 0.15) is 5.56 Å². The van der Waals surface area contributed by atoms with Gasteiger partial charge < -0.3 is 25.4 Å². The van der Waals surface area contributed by atoms with Crippen LogP contribution in [0.5, 0.6) is 11.5 Å². The van der Waals surface area contributed by atoms with E-state index in [1.165, 1.54) is 0 Å². The number of anilines is 1. The van der Waals surface area contributed by atoms with Gasteiger partial charge in [0.25, 0.3) is 0 Å². The molecule has 0 radical (unpaired) electrons. The first kappa shape index (κ1) is 15.2. The van der Waals surface area contributed by atoms with Crippen molar-refractivity contribution in [2.24, 2.45) is 0 Å². The topological polar surface area (TPSA) is 84.9 Å². The highest BCUT2D eigenvalue weighted by molar-refractivity contribution is 5.43. The van der Waals surface area contributed by atoms with Crippen molar-refractivity contribution in [1.29, 1.82) is 0 Å². The van der Waals surface area contributed by atoms with Gasteiger partial charge in [0.1, 0.15) is 30.8 Å². The summed E-state index contributed by atoms with van der Waals surface area (Å²) in [7, 11) is 0. The SMILES string of the molecule is Nc1cccc(OCC(O)COc2ccc(CO)cc2)c1. The maximum Gasteiger partial charge on any atom is 0.122 e. The molecule has 2 aromatic carbocycles. The second-order valence-electron chi connectivity index (χ2n) is 4.65. The van der Waals surface area contributed by atoms with Crippen LogP contribution in [-0.4, -0.2) is 29.5 Å². The van der Waals surface area contributed by atoms with Crippen molar-refractivity contribution in [3.63, 3.8) is 0 Å². The standard InChI is InChI=1S/C16H19NO4/c17-13-2-1-3-16(8-13)21-11-14(19)10-20-15-6-4-12(9-18)5-7-15/h1-8,14,18-19H,9-11,17H2. The second-order valence-corrected chi connectivity index (χ2v) is 4.65. The van der Waals surface area contributed by atoms with Crippen molar-refractivity contribution in [3.05, 3.63) is 54.1 Å². The summed E-state index contributed by atoms with van der Waals surface area (Å²) in [6, 6.07) is 14.1. The fourth-order valence-electron chi connectivity index (χ4n) is 1.73. The number of nitrogens with two attached hydrogens (primary N) is 1. The van der Waals surface area contributed by atoms with Gasteiger partial charge in [-0.3, -0.25) is 0 Å². The lowest BCUT2D eigenvalue weighted by molar-refractivity contribution is 0.0626. The van der Waals surface area contributed by atoms with Crippen molar-refractivity contribution in [2.75, 3.05) is 18.9 Å². The lowest BCUT2D eigenvalue weighted by Crippen LogP contribution is -2.25. The average molecular weight is 289 g/mol. The first-order valence-corrected chi connectivity index (χ1v) is 6.66. The van der Waals surface area contributed by atoms with Crippen LogP contribution in [-0.2, 0) is 6.61 Å².